The number of nitrogens with one attached hydrogen (secondary N) is 1. The average molecular weight is 271 g/mol. The number of carbonyl (C=O) groups excluding carboxylic acids is 1. The van der Waals surface area contributed by atoms with Crippen molar-refractivity contribution < 1.29 is 14.3 Å². The van der Waals surface area contributed by atoms with Crippen molar-refractivity contribution >= 4 is 23.2 Å². The zero-order chi connectivity index (χ0) is 13.1. The third-order valence-electron chi connectivity index (χ3n) is 2.66. The Kier molecular flexibility index (Phi) is 3.93. The molecule has 0 spiro atoms. The van der Waals surface area contributed by atoms with Gasteiger partial charge in [0.25, 0.3) is 0 Å². The highest BCUT2D eigenvalue weighted by Gasteiger charge is 2.19. The number of hydrogen-bond donors (Lipinski definition) is 2. The standard InChI is InChI=1S/C12H15ClN2O3/c1-2-3-8(14)12(16)15-9-5-11-10(4-7(9)13)17-6-18-11/h4-5,8H,2-3,6,14H2,1H3,(H,15,16)/t8-/m1/s1. The first kappa shape index (κ1) is 13.0. The Morgan fingerprint density at radius 3 is 2.83 bits per heavy atom. The van der Waals surface area contributed by atoms with Crippen LogP contribution in [0.3, 0.4) is 0 Å². The number of carbonyl (C=O) groups is 1. The molecular weight excluding hydrogens is 256 g/mol. The van der Waals surface area contributed by atoms with Crippen LogP contribution < -0.4 is 20.5 Å². The van der Waals surface area contributed by atoms with E-state index in [-0.39, 0.29) is 12.7 Å². The van der Waals surface area contributed by atoms with Gasteiger partial charge in [-0.25, -0.2) is 0 Å². The van der Waals surface area contributed by atoms with E-state index in [1.54, 1.807) is 12.1 Å². The molecule has 0 aromatic heterocycles. The molecule has 1 amide bonds. The molecule has 1 heterocycles. The highest BCUT2D eigenvalue weighted by Crippen LogP contribution is 2.39. The van der Waals surface area contributed by atoms with E-state index in [9.17, 15) is 4.79 Å². The van der Waals surface area contributed by atoms with Crippen LogP contribution in [0.2, 0.25) is 5.02 Å². The molecule has 0 bridgehead atoms. The number of nitrogens with two attached hydrogens (primary N) is 1. The van der Waals surface area contributed by atoms with E-state index in [0.29, 0.717) is 28.6 Å². The van der Waals surface area contributed by atoms with Crippen molar-refractivity contribution in [3.8, 4) is 11.5 Å². The highest BCUT2D eigenvalue weighted by molar-refractivity contribution is 6.34. The third kappa shape index (κ3) is 2.68. The molecule has 0 saturated carbocycles. The fourth-order valence-corrected chi connectivity index (χ4v) is 1.88. The highest BCUT2D eigenvalue weighted by atomic mass is 35.5. The number of ether oxygens (including phenoxy) is 2. The van der Waals surface area contributed by atoms with E-state index in [1.165, 1.54) is 0 Å². The smallest absolute Gasteiger partial charge is 0.241 e. The van der Waals surface area contributed by atoms with Gasteiger partial charge in [0.1, 0.15) is 0 Å². The number of halogens is 1. The molecule has 0 aliphatic carbocycles. The van der Waals surface area contributed by atoms with Gasteiger partial charge in [0, 0.05) is 12.1 Å². The lowest BCUT2D eigenvalue weighted by molar-refractivity contribution is -0.117. The van der Waals surface area contributed by atoms with Crippen molar-refractivity contribution in [2.45, 2.75) is 25.8 Å². The molecule has 0 unspecified atom stereocenters. The van der Waals surface area contributed by atoms with E-state index < -0.39 is 6.04 Å². The lowest BCUT2D eigenvalue weighted by Crippen LogP contribution is -2.35. The van der Waals surface area contributed by atoms with E-state index in [0.717, 1.165) is 6.42 Å². The molecule has 18 heavy (non-hydrogen) atoms. The van der Waals surface area contributed by atoms with Crippen LogP contribution in [0.5, 0.6) is 11.5 Å². The van der Waals surface area contributed by atoms with E-state index in [1.807, 2.05) is 6.92 Å². The Hall–Kier alpha value is -1.46. The summed E-state index contributed by atoms with van der Waals surface area (Å²) in [7, 11) is 0. The van der Waals surface area contributed by atoms with Crippen molar-refractivity contribution in [3.05, 3.63) is 17.2 Å². The van der Waals surface area contributed by atoms with Crippen LogP contribution in [0.1, 0.15) is 19.8 Å². The summed E-state index contributed by atoms with van der Waals surface area (Å²) in [5.41, 5.74) is 6.21. The summed E-state index contributed by atoms with van der Waals surface area (Å²) in [5, 5.41) is 3.09. The second-order valence-corrected chi connectivity index (χ2v) is 4.48. The summed E-state index contributed by atoms with van der Waals surface area (Å²) in [6, 6.07) is 2.73. The van der Waals surface area contributed by atoms with Crippen molar-refractivity contribution in [1.82, 2.24) is 0 Å². The quantitative estimate of drug-likeness (QED) is 0.879. The second-order valence-electron chi connectivity index (χ2n) is 4.07. The van der Waals surface area contributed by atoms with Crippen LogP contribution in [0.25, 0.3) is 0 Å². The first-order valence-electron chi connectivity index (χ1n) is 5.77. The van der Waals surface area contributed by atoms with Gasteiger partial charge in [-0.05, 0) is 6.42 Å². The van der Waals surface area contributed by atoms with Crippen molar-refractivity contribution in [1.29, 1.82) is 0 Å². The topological polar surface area (TPSA) is 73.6 Å². The Morgan fingerprint density at radius 2 is 2.17 bits per heavy atom. The van der Waals surface area contributed by atoms with E-state index >= 15 is 0 Å². The number of benzene rings is 1. The molecule has 1 aromatic carbocycles. The molecule has 3 N–H and O–H groups in total. The molecular formula is C12H15ClN2O3. The maximum atomic E-state index is 11.8. The Bertz CT molecular complexity index is 465. The predicted octanol–water partition coefficient (Wildman–Crippen LogP) is 2.13. The molecule has 1 atom stereocenters. The number of rotatable bonds is 4. The summed E-state index contributed by atoms with van der Waals surface area (Å²) in [4.78, 5) is 11.8. The minimum absolute atomic E-state index is 0.165. The minimum atomic E-state index is -0.531. The van der Waals surface area contributed by atoms with Crippen LogP contribution in [0.4, 0.5) is 5.69 Å². The predicted molar refractivity (Wildman–Crippen MR) is 69.1 cm³/mol. The summed E-state index contributed by atoms with van der Waals surface area (Å²) in [5.74, 6) is 0.896. The normalized spacial score (nSPS) is 14.4. The van der Waals surface area contributed by atoms with Gasteiger partial charge in [0.2, 0.25) is 12.7 Å². The monoisotopic (exact) mass is 270 g/mol. The van der Waals surface area contributed by atoms with Gasteiger partial charge in [-0.1, -0.05) is 24.9 Å². The number of fused-ring (bicyclic) bond motifs is 1. The van der Waals surface area contributed by atoms with Crippen molar-refractivity contribution in [3.63, 3.8) is 0 Å². The zero-order valence-corrected chi connectivity index (χ0v) is 10.8. The summed E-state index contributed by atoms with van der Waals surface area (Å²) >= 11 is 6.04. The van der Waals surface area contributed by atoms with E-state index in [4.69, 9.17) is 26.8 Å². The molecule has 1 aromatic rings. The molecule has 5 nitrogen and oxygen atoms in total. The molecule has 0 fully saturated rings. The Morgan fingerprint density at radius 1 is 1.50 bits per heavy atom. The summed E-state index contributed by atoms with van der Waals surface area (Å²) in [6.45, 7) is 2.14. The van der Waals surface area contributed by atoms with Crippen LogP contribution in [-0.4, -0.2) is 18.7 Å². The minimum Gasteiger partial charge on any atom is -0.454 e. The molecule has 98 valence electrons. The Balaban J connectivity index is 2.12. The zero-order valence-electron chi connectivity index (χ0n) is 10.0. The largest absolute Gasteiger partial charge is 0.454 e. The second kappa shape index (κ2) is 5.46. The molecule has 1 aliphatic rings. The van der Waals surface area contributed by atoms with Gasteiger partial charge in [0.15, 0.2) is 11.5 Å². The van der Waals surface area contributed by atoms with Crippen LogP contribution in [0.15, 0.2) is 12.1 Å². The van der Waals surface area contributed by atoms with Gasteiger partial charge < -0.3 is 20.5 Å². The first-order chi connectivity index (χ1) is 8.61. The molecule has 2 rings (SSSR count). The number of amides is 1. The van der Waals surface area contributed by atoms with Gasteiger partial charge in [-0.2, -0.15) is 0 Å². The molecule has 1 aliphatic heterocycles. The number of hydrogen-bond acceptors (Lipinski definition) is 4. The fourth-order valence-electron chi connectivity index (χ4n) is 1.68. The van der Waals surface area contributed by atoms with Crippen LogP contribution in [-0.2, 0) is 4.79 Å². The average Bonchev–Trinajstić information content (AvgIpc) is 2.76. The van der Waals surface area contributed by atoms with Gasteiger partial charge in [-0.3, -0.25) is 4.79 Å². The van der Waals surface area contributed by atoms with Crippen LogP contribution in [0, 0.1) is 0 Å². The first-order valence-corrected chi connectivity index (χ1v) is 6.15. The van der Waals surface area contributed by atoms with E-state index in [2.05, 4.69) is 5.32 Å². The molecule has 0 radical (unpaired) electrons. The molecule has 6 heteroatoms. The lowest BCUT2D eigenvalue weighted by atomic mass is 10.1. The summed E-state index contributed by atoms with van der Waals surface area (Å²) in [6.07, 6.45) is 1.48. The van der Waals surface area contributed by atoms with Gasteiger partial charge >= 0.3 is 0 Å². The maximum absolute atomic E-state index is 11.8. The van der Waals surface area contributed by atoms with Crippen molar-refractivity contribution in [2.24, 2.45) is 5.73 Å². The Labute approximate surface area is 110 Å². The lowest BCUT2D eigenvalue weighted by Gasteiger charge is -2.12. The van der Waals surface area contributed by atoms with Gasteiger partial charge in [-0.15, -0.1) is 0 Å². The molecule has 0 saturated heterocycles. The summed E-state index contributed by atoms with van der Waals surface area (Å²) < 4.78 is 10.4. The van der Waals surface area contributed by atoms with Gasteiger partial charge in [0.05, 0.1) is 16.8 Å². The fraction of sp³-hybridized carbons (Fsp3) is 0.417. The maximum Gasteiger partial charge on any atom is 0.241 e. The van der Waals surface area contributed by atoms with Crippen LogP contribution >= 0.6 is 11.6 Å². The van der Waals surface area contributed by atoms with Crippen molar-refractivity contribution in [2.75, 3.05) is 12.1 Å². The SMILES string of the molecule is CCC[C@@H](N)C(=O)Nc1cc2c(cc1Cl)OCO2. The number of anilines is 1. The third-order valence-corrected chi connectivity index (χ3v) is 2.97.